The molecule has 0 aliphatic rings. The summed E-state index contributed by atoms with van der Waals surface area (Å²) in [5.41, 5.74) is -2.58. The van der Waals surface area contributed by atoms with Gasteiger partial charge < -0.3 is 34.5 Å². The first-order valence-electron chi connectivity index (χ1n) is 10.1. The molecule has 4 N–H and O–H groups in total. The van der Waals surface area contributed by atoms with Crippen molar-refractivity contribution in [2.24, 2.45) is 0 Å². The lowest BCUT2D eigenvalue weighted by Gasteiger charge is -2.10. The molecule has 0 aliphatic carbocycles. The largest absolute Gasteiger partial charge is 0.494 e. The van der Waals surface area contributed by atoms with Gasteiger partial charge in [0.25, 0.3) is 0 Å². The molecule has 0 bridgehead atoms. The van der Waals surface area contributed by atoms with Crippen LogP contribution in [0.25, 0.3) is 0 Å². The van der Waals surface area contributed by atoms with Crippen molar-refractivity contribution in [1.29, 1.82) is 0 Å². The Kier molecular flexibility index (Phi) is 12.1. The maximum atomic E-state index is 13.4. The highest BCUT2D eigenvalue weighted by atomic mass is 19.1. The Morgan fingerprint density at radius 3 is 1.56 bits per heavy atom. The smallest absolute Gasteiger partial charge is 0.491 e. The summed E-state index contributed by atoms with van der Waals surface area (Å²) >= 11 is 0. The highest BCUT2D eigenvalue weighted by Gasteiger charge is 2.28. The minimum atomic E-state index is -2.26. The molecule has 0 aliphatic heterocycles. The van der Waals surface area contributed by atoms with Crippen molar-refractivity contribution in [2.75, 3.05) is 21.3 Å². The van der Waals surface area contributed by atoms with Crippen LogP contribution in [0.2, 0.25) is 0 Å². The normalized spacial score (nSPS) is 9.82. The molecule has 210 valence electrons. The molecule has 0 saturated heterocycles. The third kappa shape index (κ3) is 8.28. The third-order valence-corrected chi connectivity index (χ3v) is 4.49. The topological polar surface area (TPSA) is 143 Å². The number of halogens is 6. The van der Waals surface area contributed by atoms with E-state index in [2.05, 4.69) is 14.2 Å². The van der Waals surface area contributed by atoms with Crippen LogP contribution in [0, 0.1) is 34.9 Å². The minimum absolute atomic E-state index is 0.0694. The Hall–Kier alpha value is -4.44. The summed E-state index contributed by atoms with van der Waals surface area (Å²) in [5.74, 6) is -10.4. The van der Waals surface area contributed by atoms with E-state index in [1.807, 2.05) is 0 Å². The van der Waals surface area contributed by atoms with Gasteiger partial charge in [-0.05, 0) is 30.3 Å². The minimum Gasteiger partial charge on any atom is -0.494 e. The van der Waals surface area contributed by atoms with Crippen molar-refractivity contribution in [3.63, 3.8) is 0 Å². The van der Waals surface area contributed by atoms with E-state index in [1.165, 1.54) is 7.11 Å². The Morgan fingerprint density at radius 1 is 0.667 bits per heavy atom. The van der Waals surface area contributed by atoms with Crippen LogP contribution < -0.4 is 19.7 Å². The van der Waals surface area contributed by atoms with Gasteiger partial charge in [0.15, 0.2) is 34.7 Å². The molecule has 0 radical (unpaired) electrons. The molecule has 0 amide bonds. The van der Waals surface area contributed by atoms with Crippen molar-refractivity contribution in [3.8, 4) is 17.2 Å². The van der Waals surface area contributed by atoms with Gasteiger partial charge >= 0.3 is 19.1 Å². The number of aromatic carboxylic acids is 2. The van der Waals surface area contributed by atoms with Crippen molar-refractivity contribution in [3.05, 3.63) is 82.4 Å². The average Bonchev–Trinajstić information content (AvgIpc) is 2.87. The van der Waals surface area contributed by atoms with Crippen LogP contribution in [0.5, 0.6) is 17.2 Å². The summed E-state index contributed by atoms with van der Waals surface area (Å²) in [7, 11) is 1.05. The number of rotatable bonds is 6. The summed E-state index contributed by atoms with van der Waals surface area (Å²) in [6.45, 7) is 0. The van der Waals surface area contributed by atoms with Crippen molar-refractivity contribution in [2.45, 2.75) is 0 Å². The zero-order valence-electron chi connectivity index (χ0n) is 20.1. The van der Waals surface area contributed by atoms with Gasteiger partial charge in [-0.25, -0.2) is 35.9 Å². The van der Waals surface area contributed by atoms with E-state index in [1.54, 1.807) is 0 Å². The fraction of sp³-hybridized carbons (Fsp3) is 0.130. The molecular weight excluding hydrogens is 545 g/mol. The van der Waals surface area contributed by atoms with E-state index in [4.69, 9.17) is 20.3 Å². The molecule has 0 fully saturated rings. The second-order valence-corrected chi connectivity index (χ2v) is 6.87. The van der Waals surface area contributed by atoms with Gasteiger partial charge in [-0.1, -0.05) is 0 Å². The molecule has 39 heavy (non-hydrogen) atoms. The SMILES string of the molecule is COc1c(F)c(B(O)O)cc(F)c1C(=O)O.COc1c(F)ccc(F)c1C(=O)O.COc1cc(F)ccc1F. The number of hydrogen-bond donors (Lipinski definition) is 4. The quantitative estimate of drug-likeness (QED) is 0.263. The molecule has 0 saturated carbocycles. The molecule has 9 nitrogen and oxygen atoms in total. The van der Waals surface area contributed by atoms with Gasteiger partial charge in [-0.3, -0.25) is 0 Å². The number of benzene rings is 3. The van der Waals surface area contributed by atoms with Crippen LogP contribution in [-0.4, -0.2) is 60.6 Å². The Labute approximate surface area is 216 Å². The van der Waals surface area contributed by atoms with Gasteiger partial charge in [-0.2, -0.15) is 0 Å². The maximum Gasteiger partial charge on any atom is 0.491 e. The van der Waals surface area contributed by atoms with Crippen LogP contribution in [0.4, 0.5) is 26.3 Å². The van der Waals surface area contributed by atoms with Gasteiger partial charge in [0.2, 0.25) is 0 Å². The molecule has 3 rings (SSSR count). The van der Waals surface area contributed by atoms with Crippen LogP contribution in [-0.2, 0) is 0 Å². The lowest BCUT2D eigenvalue weighted by Crippen LogP contribution is -2.34. The van der Waals surface area contributed by atoms with Crippen LogP contribution >= 0.6 is 0 Å². The molecule has 3 aromatic rings. The predicted octanol–water partition coefficient (Wildman–Crippen LogP) is 3.00. The number of carbonyl (C=O) groups is 2. The fourth-order valence-electron chi connectivity index (χ4n) is 2.77. The molecular formula is C23H19BF6O9. The third-order valence-electron chi connectivity index (χ3n) is 4.49. The average molecular weight is 564 g/mol. The van der Waals surface area contributed by atoms with Crippen molar-refractivity contribution < 1.29 is 70.4 Å². The molecule has 0 spiro atoms. The molecule has 16 heteroatoms. The highest BCUT2D eigenvalue weighted by molar-refractivity contribution is 6.58. The molecule has 0 atom stereocenters. The van der Waals surface area contributed by atoms with E-state index in [9.17, 15) is 35.9 Å². The summed E-state index contributed by atoms with van der Waals surface area (Å²) in [5, 5.41) is 34.6. The van der Waals surface area contributed by atoms with Crippen LogP contribution in [0.3, 0.4) is 0 Å². The standard InChI is InChI=1S/C8H7BF2O5.C8H6F2O3.C7H6F2O/c1-16-7-5(8(12)13)4(10)2-3(6(7)11)9(14)15;1-13-7-5(10)3-2-4(9)6(7)8(11)12;1-10-7-4-5(8)2-3-6(7)9/h2,14-15H,1H3,(H,12,13);2-3H,1H3,(H,11,12);2-4H,1H3. The van der Waals surface area contributed by atoms with Crippen molar-refractivity contribution in [1.82, 2.24) is 0 Å². The first kappa shape index (κ1) is 32.6. The van der Waals surface area contributed by atoms with Gasteiger partial charge in [0.05, 0.1) is 21.3 Å². The molecule has 0 unspecified atom stereocenters. The summed E-state index contributed by atoms with van der Waals surface area (Å²) in [4.78, 5) is 21.1. The van der Waals surface area contributed by atoms with E-state index in [-0.39, 0.29) is 5.75 Å². The summed E-state index contributed by atoms with van der Waals surface area (Å²) < 4.78 is 90.5. The molecule has 0 aromatic heterocycles. The molecule has 3 aromatic carbocycles. The van der Waals surface area contributed by atoms with E-state index in [0.717, 1.165) is 44.6 Å². The summed E-state index contributed by atoms with van der Waals surface area (Å²) in [6, 6.07) is 5.00. The first-order valence-corrected chi connectivity index (χ1v) is 10.1. The Bertz CT molecular complexity index is 1340. The lowest BCUT2D eigenvalue weighted by molar-refractivity contribution is 0.0675. The number of methoxy groups -OCH3 is 3. The monoisotopic (exact) mass is 564 g/mol. The van der Waals surface area contributed by atoms with Crippen molar-refractivity contribution >= 4 is 24.5 Å². The lowest BCUT2D eigenvalue weighted by atomic mass is 9.79. The number of ether oxygens (including phenoxy) is 3. The number of carboxylic acids is 2. The van der Waals surface area contributed by atoms with Crippen LogP contribution in [0.15, 0.2) is 36.4 Å². The predicted molar refractivity (Wildman–Crippen MR) is 122 cm³/mol. The Balaban J connectivity index is 0.000000300. The first-order chi connectivity index (χ1) is 18.2. The maximum absolute atomic E-state index is 13.4. The summed E-state index contributed by atoms with van der Waals surface area (Å²) in [6.07, 6.45) is 0. The van der Waals surface area contributed by atoms with E-state index in [0.29, 0.717) is 6.07 Å². The van der Waals surface area contributed by atoms with E-state index < -0.39 is 82.0 Å². The highest BCUT2D eigenvalue weighted by Crippen LogP contribution is 2.25. The zero-order chi connectivity index (χ0) is 30.0. The Morgan fingerprint density at radius 2 is 1.15 bits per heavy atom. The second-order valence-electron chi connectivity index (χ2n) is 6.87. The fourth-order valence-corrected chi connectivity index (χ4v) is 2.77. The van der Waals surface area contributed by atoms with Gasteiger partial charge in [-0.15, -0.1) is 0 Å². The van der Waals surface area contributed by atoms with Crippen LogP contribution in [0.1, 0.15) is 20.7 Å². The zero-order valence-corrected chi connectivity index (χ0v) is 20.1. The van der Waals surface area contributed by atoms with Gasteiger partial charge in [0, 0.05) is 11.5 Å². The number of carboxylic acid groups (broad SMARTS) is 2. The van der Waals surface area contributed by atoms with E-state index >= 15 is 0 Å². The number of hydrogen-bond acceptors (Lipinski definition) is 7. The second kappa shape index (κ2) is 14.5. The van der Waals surface area contributed by atoms with Gasteiger partial charge in [0.1, 0.15) is 28.6 Å². The molecule has 0 heterocycles.